The van der Waals surface area contributed by atoms with E-state index in [0.29, 0.717) is 6.10 Å². The molecular weight excluding hydrogens is 340 g/mol. The quantitative estimate of drug-likeness (QED) is 0.264. The van der Waals surface area contributed by atoms with Gasteiger partial charge in [-0.3, -0.25) is 0 Å². The molecule has 1 heterocycles. The SMILES string of the molecule is C/C(=C\CC/C(C)=C/CCc1ccccc1)CC/C=C(\C)CCC1OC1(C)C. The van der Waals surface area contributed by atoms with Crippen molar-refractivity contribution in [1.29, 1.82) is 0 Å². The zero-order chi connectivity index (χ0) is 20.4. The first-order chi connectivity index (χ1) is 13.4. The van der Waals surface area contributed by atoms with Gasteiger partial charge >= 0.3 is 0 Å². The predicted octanol–water partition coefficient (Wildman–Crippen LogP) is 7.98. The van der Waals surface area contributed by atoms with Crippen molar-refractivity contribution in [3.8, 4) is 0 Å². The van der Waals surface area contributed by atoms with Crippen molar-refractivity contribution in [2.24, 2.45) is 0 Å². The summed E-state index contributed by atoms with van der Waals surface area (Å²) in [4.78, 5) is 0. The van der Waals surface area contributed by atoms with Crippen molar-refractivity contribution in [1.82, 2.24) is 0 Å². The molecule has 1 aromatic rings. The predicted molar refractivity (Wildman–Crippen MR) is 123 cm³/mol. The second-order valence-corrected chi connectivity index (χ2v) is 9.00. The Labute approximate surface area is 173 Å². The van der Waals surface area contributed by atoms with Crippen LogP contribution in [0.25, 0.3) is 0 Å². The Balaban J connectivity index is 1.57. The van der Waals surface area contributed by atoms with E-state index in [-0.39, 0.29) is 5.60 Å². The van der Waals surface area contributed by atoms with Crippen LogP contribution in [0.4, 0.5) is 0 Å². The molecule has 0 aromatic heterocycles. The highest BCUT2D eigenvalue weighted by Crippen LogP contribution is 2.38. The van der Waals surface area contributed by atoms with Gasteiger partial charge in [0.25, 0.3) is 0 Å². The van der Waals surface area contributed by atoms with Gasteiger partial charge in [-0.1, -0.05) is 65.3 Å². The highest BCUT2D eigenvalue weighted by molar-refractivity contribution is 5.16. The number of ether oxygens (including phenoxy) is 1. The van der Waals surface area contributed by atoms with Crippen LogP contribution in [0.2, 0.25) is 0 Å². The van der Waals surface area contributed by atoms with Gasteiger partial charge in [-0.05, 0) is 91.5 Å². The Morgan fingerprint density at radius 1 is 0.821 bits per heavy atom. The van der Waals surface area contributed by atoms with Gasteiger partial charge in [0.05, 0.1) is 11.7 Å². The van der Waals surface area contributed by atoms with Crippen molar-refractivity contribution in [2.75, 3.05) is 0 Å². The first-order valence-electron chi connectivity index (χ1n) is 11.1. The van der Waals surface area contributed by atoms with Crippen molar-refractivity contribution in [2.45, 2.75) is 97.7 Å². The highest BCUT2D eigenvalue weighted by atomic mass is 16.6. The van der Waals surface area contributed by atoms with E-state index in [0.717, 1.165) is 25.7 Å². The highest BCUT2D eigenvalue weighted by Gasteiger charge is 2.46. The lowest BCUT2D eigenvalue weighted by Gasteiger charge is -2.03. The summed E-state index contributed by atoms with van der Waals surface area (Å²) in [5, 5.41) is 0. The molecule has 1 aliphatic rings. The number of allylic oxidation sites excluding steroid dienone is 6. The van der Waals surface area contributed by atoms with Crippen LogP contribution in [0.3, 0.4) is 0 Å². The van der Waals surface area contributed by atoms with E-state index in [1.807, 2.05) is 0 Å². The van der Waals surface area contributed by atoms with Crippen LogP contribution < -0.4 is 0 Å². The molecule has 1 saturated heterocycles. The summed E-state index contributed by atoms with van der Waals surface area (Å²) >= 11 is 0. The maximum Gasteiger partial charge on any atom is 0.0892 e. The second-order valence-electron chi connectivity index (χ2n) is 9.00. The normalized spacial score (nSPS) is 19.8. The van der Waals surface area contributed by atoms with Gasteiger partial charge in [-0.25, -0.2) is 0 Å². The van der Waals surface area contributed by atoms with Crippen LogP contribution in [0.15, 0.2) is 65.3 Å². The summed E-state index contributed by atoms with van der Waals surface area (Å²) < 4.78 is 5.67. The molecule has 0 bridgehead atoms. The minimum absolute atomic E-state index is 0.133. The molecule has 1 aromatic carbocycles. The van der Waals surface area contributed by atoms with Crippen LogP contribution in [0.1, 0.15) is 85.1 Å². The second kappa shape index (κ2) is 11.4. The van der Waals surface area contributed by atoms with Crippen molar-refractivity contribution < 1.29 is 4.74 Å². The fourth-order valence-corrected chi connectivity index (χ4v) is 3.63. The van der Waals surface area contributed by atoms with Gasteiger partial charge in [-0.2, -0.15) is 0 Å². The molecule has 1 fully saturated rings. The lowest BCUT2D eigenvalue weighted by molar-refractivity contribution is 0.320. The lowest BCUT2D eigenvalue weighted by Crippen LogP contribution is -2.02. The Bertz CT molecular complexity index is 675. The number of hydrogen-bond acceptors (Lipinski definition) is 1. The van der Waals surface area contributed by atoms with Crippen LogP contribution >= 0.6 is 0 Å². The van der Waals surface area contributed by atoms with E-state index >= 15 is 0 Å². The molecule has 0 radical (unpaired) electrons. The number of rotatable bonds is 12. The number of epoxide rings is 1. The molecule has 0 saturated carbocycles. The van der Waals surface area contributed by atoms with E-state index < -0.39 is 0 Å². The summed E-state index contributed by atoms with van der Waals surface area (Å²) in [7, 11) is 0. The molecule has 1 atom stereocenters. The van der Waals surface area contributed by atoms with Crippen LogP contribution in [-0.4, -0.2) is 11.7 Å². The fraction of sp³-hybridized carbons (Fsp3) is 0.556. The third-order valence-electron chi connectivity index (χ3n) is 5.80. The largest absolute Gasteiger partial charge is 0.367 e. The molecule has 1 aliphatic heterocycles. The van der Waals surface area contributed by atoms with Gasteiger partial charge in [0, 0.05) is 0 Å². The third kappa shape index (κ3) is 9.06. The molecule has 28 heavy (non-hydrogen) atoms. The minimum Gasteiger partial charge on any atom is -0.367 e. The summed E-state index contributed by atoms with van der Waals surface area (Å²) in [5.41, 5.74) is 6.11. The molecular formula is C27H40O. The van der Waals surface area contributed by atoms with Crippen molar-refractivity contribution in [3.63, 3.8) is 0 Å². The Hall–Kier alpha value is -1.60. The van der Waals surface area contributed by atoms with E-state index in [1.165, 1.54) is 48.0 Å². The summed E-state index contributed by atoms with van der Waals surface area (Å²) in [6.07, 6.45) is 17.0. The van der Waals surface area contributed by atoms with E-state index in [4.69, 9.17) is 4.74 Å². The van der Waals surface area contributed by atoms with Crippen LogP contribution in [-0.2, 0) is 11.2 Å². The summed E-state index contributed by atoms with van der Waals surface area (Å²) in [6.45, 7) is 11.2. The first-order valence-corrected chi connectivity index (χ1v) is 11.1. The molecule has 0 aliphatic carbocycles. The number of aryl methyl sites for hydroxylation is 1. The number of hydrogen-bond donors (Lipinski definition) is 0. The summed E-state index contributed by atoms with van der Waals surface area (Å²) in [5.74, 6) is 0. The van der Waals surface area contributed by atoms with E-state index in [1.54, 1.807) is 0 Å². The molecule has 1 heteroatoms. The lowest BCUT2D eigenvalue weighted by atomic mass is 10.0. The molecule has 1 unspecified atom stereocenters. The molecule has 2 rings (SSSR count). The van der Waals surface area contributed by atoms with Crippen molar-refractivity contribution >= 4 is 0 Å². The maximum atomic E-state index is 5.67. The fourth-order valence-electron chi connectivity index (χ4n) is 3.63. The molecule has 0 amide bonds. The van der Waals surface area contributed by atoms with Gasteiger partial charge in [-0.15, -0.1) is 0 Å². The average Bonchev–Trinajstić information content (AvgIpc) is 3.27. The topological polar surface area (TPSA) is 12.5 Å². The Morgan fingerprint density at radius 2 is 1.32 bits per heavy atom. The average molecular weight is 381 g/mol. The van der Waals surface area contributed by atoms with E-state index in [2.05, 4.69) is 83.2 Å². The van der Waals surface area contributed by atoms with Crippen LogP contribution in [0, 0.1) is 0 Å². The zero-order valence-corrected chi connectivity index (χ0v) is 18.8. The Morgan fingerprint density at radius 3 is 1.86 bits per heavy atom. The smallest absolute Gasteiger partial charge is 0.0892 e. The van der Waals surface area contributed by atoms with Gasteiger partial charge < -0.3 is 4.74 Å². The van der Waals surface area contributed by atoms with E-state index in [9.17, 15) is 0 Å². The molecule has 0 spiro atoms. The molecule has 1 nitrogen and oxygen atoms in total. The monoisotopic (exact) mass is 380 g/mol. The number of benzene rings is 1. The van der Waals surface area contributed by atoms with Crippen molar-refractivity contribution in [3.05, 3.63) is 70.8 Å². The molecule has 0 N–H and O–H groups in total. The standard InChI is InChI=1S/C27H40O/c1-22(14-10-15-24(3)20-21-26-27(4,5)28-26)12-9-13-23(2)16-11-19-25-17-7-6-8-18-25/h6-8,12,15-18,26H,9-11,13-14,19-21H2,1-5H3/b22-12+,23-16+,24-15+. The Kier molecular flexibility index (Phi) is 9.25. The van der Waals surface area contributed by atoms with Gasteiger partial charge in [0.1, 0.15) is 0 Å². The van der Waals surface area contributed by atoms with Gasteiger partial charge in [0.15, 0.2) is 0 Å². The minimum atomic E-state index is 0.133. The molecule has 154 valence electrons. The van der Waals surface area contributed by atoms with Crippen LogP contribution in [0.5, 0.6) is 0 Å². The summed E-state index contributed by atoms with van der Waals surface area (Å²) in [6, 6.07) is 10.8. The maximum absolute atomic E-state index is 5.67. The zero-order valence-electron chi connectivity index (χ0n) is 18.8. The van der Waals surface area contributed by atoms with Gasteiger partial charge in [0.2, 0.25) is 0 Å². The third-order valence-corrected chi connectivity index (χ3v) is 5.80. The first kappa shape index (κ1) is 22.7.